The van der Waals surface area contributed by atoms with Gasteiger partial charge in [0.1, 0.15) is 17.6 Å². The highest BCUT2D eigenvalue weighted by molar-refractivity contribution is 5.79. The van der Waals surface area contributed by atoms with Crippen LogP contribution < -0.4 is 4.74 Å². The van der Waals surface area contributed by atoms with Crippen molar-refractivity contribution in [3.8, 4) is 17.6 Å². The van der Waals surface area contributed by atoms with Crippen molar-refractivity contribution in [3.63, 3.8) is 0 Å². The molecule has 0 aromatic heterocycles. The molecule has 1 fully saturated rings. The first kappa shape index (κ1) is 18.0. The second-order valence-corrected chi connectivity index (χ2v) is 7.81. The van der Waals surface area contributed by atoms with Crippen molar-refractivity contribution >= 4 is 5.97 Å². The largest absolute Gasteiger partial charge is 0.457 e. The Balaban J connectivity index is 1.67. The first-order valence-electron chi connectivity index (χ1n) is 8.70. The molecule has 1 aliphatic rings. The monoisotopic (exact) mass is 349 g/mol. The second kappa shape index (κ2) is 6.49. The fourth-order valence-corrected chi connectivity index (χ4v) is 3.47. The van der Waals surface area contributed by atoms with Crippen LogP contribution in [0.3, 0.4) is 0 Å². The SMILES string of the molecule is CC1(C)C(C(=O)OC(C#N)c2ccc(Oc3ccccc3)cc2)C1(C)C. The van der Waals surface area contributed by atoms with Gasteiger partial charge < -0.3 is 9.47 Å². The standard InChI is InChI=1S/C22H23NO3/c1-21(2)19(22(21,3)4)20(24)26-18(14-23)15-10-12-17(13-11-15)25-16-8-6-5-7-9-16/h5-13,18-19H,1-4H3. The summed E-state index contributed by atoms with van der Waals surface area (Å²) in [5.74, 6) is 0.900. The molecule has 0 amide bonds. The first-order chi connectivity index (χ1) is 12.3. The lowest BCUT2D eigenvalue weighted by Gasteiger charge is -2.13. The van der Waals surface area contributed by atoms with Gasteiger partial charge >= 0.3 is 5.97 Å². The fraction of sp³-hybridized carbons (Fsp3) is 0.364. The van der Waals surface area contributed by atoms with Gasteiger partial charge in [-0.15, -0.1) is 0 Å². The van der Waals surface area contributed by atoms with E-state index < -0.39 is 6.10 Å². The number of esters is 1. The van der Waals surface area contributed by atoms with Crippen molar-refractivity contribution in [2.75, 3.05) is 0 Å². The van der Waals surface area contributed by atoms with Gasteiger partial charge in [-0.1, -0.05) is 58.0 Å². The first-order valence-corrected chi connectivity index (χ1v) is 8.70. The van der Waals surface area contributed by atoms with Gasteiger partial charge in [0.05, 0.1) is 5.92 Å². The molecule has 1 unspecified atom stereocenters. The molecule has 1 atom stereocenters. The Bertz CT molecular complexity index is 818. The summed E-state index contributed by atoms with van der Waals surface area (Å²) in [5.41, 5.74) is 0.409. The van der Waals surface area contributed by atoms with E-state index in [0.717, 1.165) is 5.75 Å². The summed E-state index contributed by atoms with van der Waals surface area (Å²) in [4.78, 5) is 12.5. The van der Waals surface area contributed by atoms with Gasteiger partial charge in [0.25, 0.3) is 0 Å². The normalized spacial score (nSPS) is 18.4. The second-order valence-electron chi connectivity index (χ2n) is 7.81. The zero-order chi connectivity index (χ0) is 18.9. The van der Waals surface area contributed by atoms with Crippen LogP contribution >= 0.6 is 0 Å². The Hall–Kier alpha value is -2.80. The number of hydrogen-bond acceptors (Lipinski definition) is 4. The van der Waals surface area contributed by atoms with Gasteiger partial charge in [-0.25, -0.2) is 0 Å². The Labute approximate surface area is 154 Å². The predicted octanol–water partition coefficient (Wildman–Crippen LogP) is 5.27. The van der Waals surface area contributed by atoms with Crippen molar-refractivity contribution in [3.05, 3.63) is 60.2 Å². The average Bonchev–Trinajstić information content (AvgIpc) is 3.03. The Morgan fingerprint density at radius 2 is 1.50 bits per heavy atom. The number of hydrogen-bond donors (Lipinski definition) is 0. The number of carbonyl (C=O) groups excluding carboxylic acids is 1. The molecule has 4 nitrogen and oxygen atoms in total. The van der Waals surface area contributed by atoms with Crippen LogP contribution in [0.2, 0.25) is 0 Å². The van der Waals surface area contributed by atoms with Gasteiger partial charge in [-0.2, -0.15) is 5.26 Å². The molecule has 0 bridgehead atoms. The van der Waals surface area contributed by atoms with Crippen LogP contribution in [-0.2, 0) is 9.53 Å². The van der Waals surface area contributed by atoms with E-state index in [-0.39, 0.29) is 22.7 Å². The van der Waals surface area contributed by atoms with Crippen LogP contribution in [-0.4, -0.2) is 5.97 Å². The summed E-state index contributed by atoms with van der Waals surface area (Å²) >= 11 is 0. The van der Waals surface area contributed by atoms with E-state index in [2.05, 4.69) is 33.8 Å². The molecular weight excluding hydrogens is 326 g/mol. The third-order valence-corrected chi connectivity index (χ3v) is 5.77. The van der Waals surface area contributed by atoms with E-state index in [0.29, 0.717) is 11.3 Å². The summed E-state index contributed by atoms with van der Waals surface area (Å²) in [6, 6.07) is 18.6. The Morgan fingerprint density at radius 1 is 0.962 bits per heavy atom. The van der Waals surface area contributed by atoms with Gasteiger partial charge in [0.15, 0.2) is 0 Å². The van der Waals surface area contributed by atoms with Crippen LogP contribution in [0.5, 0.6) is 11.5 Å². The number of nitriles is 1. The minimum absolute atomic E-state index is 0.114. The van der Waals surface area contributed by atoms with Crippen LogP contribution in [0.1, 0.15) is 39.4 Å². The maximum Gasteiger partial charge on any atom is 0.311 e. The number of rotatable bonds is 5. The molecule has 0 spiro atoms. The number of benzene rings is 2. The van der Waals surface area contributed by atoms with E-state index >= 15 is 0 Å². The highest BCUT2D eigenvalue weighted by atomic mass is 16.5. The van der Waals surface area contributed by atoms with Crippen LogP contribution in [0, 0.1) is 28.1 Å². The number of nitrogens with zero attached hydrogens (tertiary/aromatic N) is 1. The molecule has 134 valence electrons. The van der Waals surface area contributed by atoms with Crippen molar-refractivity contribution < 1.29 is 14.3 Å². The van der Waals surface area contributed by atoms with Crippen molar-refractivity contribution in [2.24, 2.45) is 16.7 Å². The van der Waals surface area contributed by atoms with Crippen molar-refractivity contribution in [1.82, 2.24) is 0 Å². The van der Waals surface area contributed by atoms with Gasteiger partial charge in [0.2, 0.25) is 6.10 Å². The molecule has 26 heavy (non-hydrogen) atoms. The Morgan fingerprint density at radius 3 is 2.00 bits per heavy atom. The summed E-state index contributed by atoms with van der Waals surface area (Å²) in [6.07, 6.45) is -0.916. The number of para-hydroxylation sites is 1. The molecule has 0 aliphatic heterocycles. The lowest BCUT2D eigenvalue weighted by Crippen LogP contribution is -2.15. The van der Waals surface area contributed by atoms with Crippen LogP contribution in [0.15, 0.2) is 54.6 Å². The molecular formula is C22H23NO3. The minimum Gasteiger partial charge on any atom is -0.457 e. The van der Waals surface area contributed by atoms with Gasteiger partial charge in [-0.3, -0.25) is 4.79 Å². The van der Waals surface area contributed by atoms with E-state index in [9.17, 15) is 10.1 Å². The summed E-state index contributed by atoms with van der Waals surface area (Å²) < 4.78 is 11.2. The lowest BCUT2D eigenvalue weighted by molar-refractivity contribution is -0.150. The molecule has 2 aromatic carbocycles. The molecule has 1 aliphatic carbocycles. The quantitative estimate of drug-likeness (QED) is 0.690. The zero-order valence-electron chi connectivity index (χ0n) is 15.5. The maximum absolute atomic E-state index is 12.5. The summed E-state index contributed by atoms with van der Waals surface area (Å²) in [6.45, 7) is 8.21. The molecule has 4 heteroatoms. The highest BCUT2D eigenvalue weighted by Gasteiger charge is 2.69. The van der Waals surface area contributed by atoms with E-state index in [1.807, 2.05) is 30.3 Å². The zero-order valence-corrected chi connectivity index (χ0v) is 15.5. The van der Waals surface area contributed by atoms with Crippen LogP contribution in [0.4, 0.5) is 0 Å². The summed E-state index contributed by atoms with van der Waals surface area (Å²) in [5, 5.41) is 9.44. The topological polar surface area (TPSA) is 59.3 Å². The molecule has 0 N–H and O–H groups in total. The third-order valence-electron chi connectivity index (χ3n) is 5.77. The molecule has 0 heterocycles. The highest BCUT2D eigenvalue weighted by Crippen LogP contribution is 2.68. The molecule has 0 saturated heterocycles. The van der Waals surface area contributed by atoms with Crippen molar-refractivity contribution in [1.29, 1.82) is 5.26 Å². The Kier molecular flexibility index (Phi) is 4.50. The van der Waals surface area contributed by atoms with Crippen molar-refractivity contribution in [2.45, 2.75) is 33.8 Å². The third kappa shape index (κ3) is 3.17. The maximum atomic E-state index is 12.5. The van der Waals surface area contributed by atoms with Crippen LogP contribution in [0.25, 0.3) is 0 Å². The molecule has 2 aromatic rings. The van der Waals surface area contributed by atoms with Gasteiger partial charge in [-0.05, 0) is 35.1 Å². The smallest absolute Gasteiger partial charge is 0.311 e. The average molecular weight is 349 g/mol. The van der Waals surface area contributed by atoms with E-state index in [4.69, 9.17) is 9.47 Å². The number of carbonyl (C=O) groups is 1. The van der Waals surface area contributed by atoms with Gasteiger partial charge in [0, 0.05) is 5.56 Å². The molecule has 1 saturated carbocycles. The van der Waals surface area contributed by atoms with E-state index in [1.165, 1.54) is 0 Å². The predicted molar refractivity (Wildman–Crippen MR) is 98.5 cm³/mol. The fourth-order valence-electron chi connectivity index (χ4n) is 3.47. The minimum atomic E-state index is -0.916. The number of ether oxygens (including phenoxy) is 2. The van der Waals surface area contributed by atoms with E-state index in [1.54, 1.807) is 24.3 Å². The molecule has 0 radical (unpaired) electrons. The summed E-state index contributed by atoms with van der Waals surface area (Å²) in [7, 11) is 0. The lowest BCUT2D eigenvalue weighted by atomic mass is 10.0. The molecule has 3 rings (SSSR count).